The number of thioether (sulfide) groups is 1. The van der Waals surface area contributed by atoms with E-state index in [9.17, 15) is 9.59 Å². The number of amides is 1. The summed E-state index contributed by atoms with van der Waals surface area (Å²) in [7, 11) is 0. The molecule has 1 aromatic heterocycles. The molecule has 1 fully saturated rings. The Morgan fingerprint density at radius 3 is 2.83 bits per heavy atom. The number of likely N-dealkylation sites (tertiary alicyclic amines) is 1. The number of nitrogens with zero attached hydrogens (tertiary/aromatic N) is 3. The Morgan fingerprint density at radius 1 is 1.34 bits per heavy atom. The van der Waals surface area contributed by atoms with Crippen LogP contribution in [-0.2, 0) is 14.3 Å². The van der Waals surface area contributed by atoms with Gasteiger partial charge in [0.25, 0.3) is 0 Å². The maximum Gasteiger partial charge on any atom is 0.309 e. The van der Waals surface area contributed by atoms with Crippen LogP contribution in [0.1, 0.15) is 25.3 Å². The van der Waals surface area contributed by atoms with Crippen molar-refractivity contribution in [2.24, 2.45) is 5.92 Å². The van der Waals surface area contributed by atoms with Gasteiger partial charge < -0.3 is 15.0 Å². The number of ether oxygens (including phenoxy) is 1. The maximum absolute atomic E-state index is 12.5. The molecule has 1 N–H and O–H groups in total. The molecule has 0 aliphatic carbocycles. The van der Waals surface area contributed by atoms with Crippen molar-refractivity contribution in [3.63, 3.8) is 0 Å². The van der Waals surface area contributed by atoms with E-state index >= 15 is 0 Å². The highest BCUT2D eigenvalue weighted by atomic mass is 35.5. The quantitative estimate of drug-likeness (QED) is 0.497. The van der Waals surface area contributed by atoms with Gasteiger partial charge in [0.2, 0.25) is 11.0 Å². The summed E-state index contributed by atoms with van der Waals surface area (Å²) in [5, 5.41) is 12.8. The van der Waals surface area contributed by atoms with Crippen LogP contribution in [0, 0.1) is 12.8 Å². The second kappa shape index (κ2) is 10.3. The van der Waals surface area contributed by atoms with Gasteiger partial charge in [-0.05, 0) is 44.4 Å². The molecule has 1 saturated heterocycles. The van der Waals surface area contributed by atoms with Crippen molar-refractivity contribution < 1.29 is 14.3 Å². The van der Waals surface area contributed by atoms with Crippen LogP contribution in [0.25, 0.3) is 0 Å². The number of hydrogen-bond donors (Lipinski definition) is 1. The van der Waals surface area contributed by atoms with Gasteiger partial charge in [-0.25, -0.2) is 0 Å². The van der Waals surface area contributed by atoms with E-state index in [-0.39, 0.29) is 17.8 Å². The Balaban J connectivity index is 1.47. The lowest BCUT2D eigenvalue weighted by molar-refractivity contribution is -0.151. The minimum Gasteiger partial charge on any atom is -0.466 e. The van der Waals surface area contributed by atoms with Crippen LogP contribution in [-0.4, -0.2) is 52.4 Å². The smallest absolute Gasteiger partial charge is 0.309 e. The lowest BCUT2D eigenvalue weighted by Crippen LogP contribution is -2.41. The van der Waals surface area contributed by atoms with Gasteiger partial charge in [0.15, 0.2) is 4.34 Å². The number of hydrogen-bond acceptors (Lipinski definition) is 8. The van der Waals surface area contributed by atoms with E-state index in [4.69, 9.17) is 16.3 Å². The molecule has 7 nitrogen and oxygen atoms in total. The van der Waals surface area contributed by atoms with Crippen LogP contribution < -0.4 is 5.32 Å². The van der Waals surface area contributed by atoms with E-state index in [1.807, 2.05) is 25.1 Å². The molecule has 2 aromatic rings. The number of aromatic nitrogens is 2. The first-order valence-corrected chi connectivity index (χ1v) is 11.6. The molecule has 1 amide bonds. The summed E-state index contributed by atoms with van der Waals surface area (Å²) in [6.07, 6.45) is 1.31. The normalized spacial score (nSPS) is 14.7. The summed E-state index contributed by atoms with van der Waals surface area (Å²) in [4.78, 5) is 26.1. The van der Waals surface area contributed by atoms with Crippen molar-refractivity contribution in [1.29, 1.82) is 0 Å². The fourth-order valence-electron chi connectivity index (χ4n) is 3.02. The van der Waals surface area contributed by atoms with E-state index < -0.39 is 0 Å². The molecule has 29 heavy (non-hydrogen) atoms. The van der Waals surface area contributed by atoms with E-state index in [0.717, 1.165) is 15.6 Å². The molecule has 2 heterocycles. The molecule has 3 rings (SSSR count). The molecule has 0 saturated carbocycles. The fraction of sp³-hybridized carbons (Fsp3) is 0.474. The maximum atomic E-state index is 12.5. The summed E-state index contributed by atoms with van der Waals surface area (Å²) in [5.41, 5.74) is 1.82. The van der Waals surface area contributed by atoms with Gasteiger partial charge >= 0.3 is 5.97 Å². The highest BCUT2D eigenvalue weighted by Crippen LogP contribution is 2.31. The average Bonchev–Trinajstić information content (AvgIpc) is 3.17. The molecule has 0 spiro atoms. The van der Waals surface area contributed by atoms with Crippen LogP contribution in [0.5, 0.6) is 0 Å². The van der Waals surface area contributed by atoms with Gasteiger partial charge in [0.05, 0.1) is 18.3 Å². The second-order valence-electron chi connectivity index (χ2n) is 6.61. The Morgan fingerprint density at radius 2 is 2.10 bits per heavy atom. The fourth-order valence-corrected chi connectivity index (χ4v) is 4.86. The summed E-state index contributed by atoms with van der Waals surface area (Å²) < 4.78 is 5.79. The minimum atomic E-state index is -0.155. The Bertz CT molecular complexity index is 869. The minimum absolute atomic E-state index is 0.0488. The van der Waals surface area contributed by atoms with Crippen molar-refractivity contribution in [2.45, 2.75) is 31.0 Å². The molecule has 1 aromatic carbocycles. The number of carbonyl (C=O) groups excluding carboxylic acids is 2. The summed E-state index contributed by atoms with van der Waals surface area (Å²) >= 11 is 8.91. The largest absolute Gasteiger partial charge is 0.466 e. The van der Waals surface area contributed by atoms with Gasteiger partial charge in [-0.2, -0.15) is 0 Å². The molecular weight excluding hydrogens is 432 g/mol. The van der Waals surface area contributed by atoms with Crippen LogP contribution in [0.15, 0.2) is 22.5 Å². The highest BCUT2D eigenvalue weighted by molar-refractivity contribution is 8.01. The third kappa shape index (κ3) is 5.83. The first-order valence-electron chi connectivity index (χ1n) is 9.40. The van der Waals surface area contributed by atoms with Crippen molar-refractivity contribution >= 4 is 57.4 Å². The molecule has 0 unspecified atom stereocenters. The summed E-state index contributed by atoms with van der Waals surface area (Å²) in [6.45, 7) is 5.30. The lowest BCUT2D eigenvalue weighted by Gasteiger charge is -2.30. The summed E-state index contributed by atoms with van der Waals surface area (Å²) in [6, 6.07) is 5.64. The Kier molecular flexibility index (Phi) is 7.74. The second-order valence-corrected chi connectivity index (χ2v) is 9.21. The average molecular weight is 455 g/mol. The number of esters is 1. The third-order valence-electron chi connectivity index (χ3n) is 4.70. The van der Waals surface area contributed by atoms with Gasteiger partial charge in [0.1, 0.15) is 0 Å². The first kappa shape index (κ1) is 21.9. The number of nitrogens with one attached hydrogen (secondary N) is 1. The first-order chi connectivity index (χ1) is 14.0. The Hall–Kier alpha value is -1.84. The van der Waals surface area contributed by atoms with E-state index in [0.29, 0.717) is 48.4 Å². The molecular formula is C19H23ClN4O3S2. The number of benzene rings is 1. The van der Waals surface area contributed by atoms with Crippen LogP contribution >= 0.6 is 34.7 Å². The number of halogens is 1. The SMILES string of the molecule is CCOC(=O)C1CCN(C(=O)CSc2nnc(Nc3cccc(Cl)c3C)s2)CC1. The highest BCUT2D eigenvalue weighted by Gasteiger charge is 2.28. The number of anilines is 2. The zero-order valence-corrected chi connectivity index (χ0v) is 18.7. The molecule has 1 aliphatic heterocycles. The number of carbonyl (C=O) groups is 2. The number of rotatable bonds is 7. The Labute approximate surface area is 183 Å². The third-order valence-corrected chi connectivity index (χ3v) is 7.07. The monoisotopic (exact) mass is 454 g/mol. The predicted octanol–water partition coefficient (Wildman–Crippen LogP) is 4.14. The zero-order chi connectivity index (χ0) is 20.8. The summed E-state index contributed by atoms with van der Waals surface area (Å²) in [5.74, 6) is 0.0958. The molecule has 0 atom stereocenters. The van der Waals surface area contributed by atoms with E-state index in [1.165, 1.54) is 23.1 Å². The topological polar surface area (TPSA) is 84.4 Å². The van der Waals surface area contributed by atoms with Gasteiger partial charge in [-0.3, -0.25) is 9.59 Å². The number of piperidine rings is 1. The van der Waals surface area contributed by atoms with Crippen LogP contribution in [0.4, 0.5) is 10.8 Å². The van der Waals surface area contributed by atoms with Gasteiger partial charge in [-0.1, -0.05) is 40.8 Å². The van der Waals surface area contributed by atoms with E-state index in [2.05, 4.69) is 15.5 Å². The molecule has 1 aliphatic rings. The standard InChI is InChI=1S/C19H23ClN4O3S2/c1-3-27-17(26)13-7-9-24(10-8-13)16(25)11-28-19-23-22-18(29-19)21-15-6-4-5-14(20)12(15)2/h4-6,13H,3,7-11H2,1-2H3,(H,21,22). The molecule has 0 radical (unpaired) electrons. The van der Waals surface area contributed by atoms with Crippen molar-refractivity contribution in [3.05, 3.63) is 28.8 Å². The van der Waals surface area contributed by atoms with E-state index in [1.54, 1.807) is 11.8 Å². The van der Waals surface area contributed by atoms with Crippen LogP contribution in [0.3, 0.4) is 0 Å². The van der Waals surface area contributed by atoms with Gasteiger partial charge in [0, 0.05) is 23.8 Å². The van der Waals surface area contributed by atoms with Crippen molar-refractivity contribution in [3.8, 4) is 0 Å². The zero-order valence-electron chi connectivity index (χ0n) is 16.3. The lowest BCUT2D eigenvalue weighted by atomic mass is 9.97. The van der Waals surface area contributed by atoms with Gasteiger partial charge in [-0.15, -0.1) is 10.2 Å². The molecule has 0 bridgehead atoms. The van der Waals surface area contributed by atoms with Crippen molar-refractivity contribution in [1.82, 2.24) is 15.1 Å². The van der Waals surface area contributed by atoms with Crippen molar-refractivity contribution in [2.75, 3.05) is 30.8 Å². The predicted molar refractivity (Wildman–Crippen MR) is 116 cm³/mol. The van der Waals surface area contributed by atoms with Crippen LogP contribution in [0.2, 0.25) is 5.02 Å². The molecule has 156 valence electrons. The molecule has 10 heteroatoms.